The summed E-state index contributed by atoms with van der Waals surface area (Å²) < 4.78 is 2.07. The molecule has 2 N–H and O–H groups in total. The van der Waals surface area contributed by atoms with Gasteiger partial charge < -0.3 is 10.4 Å². The van der Waals surface area contributed by atoms with Crippen molar-refractivity contribution in [1.82, 2.24) is 14.8 Å². The van der Waals surface area contributed by atoms with Crippen molar-refractivity contribution in [1.29, 1.82) is 0 Å². The second kappa shape index (κ2) is 7.84. The molecule has 1 amide bonds. The van der Waals surface area contributed by atoms with Crippen LogP contribution in [-0.4, -0.2) is 25.8 Å². The predicted molar refractivity (Wildman–Crippen MR) is 119 cm³/mol. The van der Waals surface area contributed by atoms with E-state index in [-0.39, 0.29) is 5.91 Å². The van der Waals surface area contributed by atoms with Crippen LogP contribution in [0.5, 0.6) is 0 Å². The number of carbonyl (C=O) groups excluding carboxylic acids is 1. The van der Waals surface area contributed by atoms with Gasteiger partial charge in [-0.3, -0.25) is 9.48 Å². The van der Waals surface area contributed by atoms with E-state index in [1.807, 2.05) is 31.2 Å². The lowest BCUT2D eigenvalue weighted by Crippen LogP contribution is -2.21. The first-order valence-electron chi connectivity index (χ1n) is 10.7. The van der Waals surface area contributed by atoms with Gasteiger partial charge >= 0.3 is 0 Å². The normalized spacial score (nSPS) is 19.8. The summed E-state index contributed by atoms with van der Waals surface area (Å²) in [5.74, 6) is 0.488. The van der Waals surface area contributed by atoms with Crippen LogP contribution in [0.4, 0.5) is 5.69 Å². The van der Waals surface area contributed by atoms with Crippen molar-refractivity contribution in [3.8, 4) is 0 Å². The van der Waals surface area contributed by atoms with Gasteiger partial charge in [-0.1, -0.05) is 13.0 Å². The van der Waals surface area contributed by atoms with Crippen molar-refractivity contribution in [2.45, 2.75) is 65.0 Å². The maximum atomic E-state index is 12.8. The summed E-state index contributed by atoms with van der Waals surface area (Å²) in [6.45, 7) is 7.59. The molecule has 0 aliphatic heterocycles. The highest BCUT2D eigenvalue weighted by atomic mass is 16.3. The summed E-state index contributed by atoms with van der Waals surface area (Å²) in [4.78, 5) is 17.1. The highest BCUT2D eigenvalue weighted by Crippen LogP contribution is 2.35. The number of aromatic nitrogens is 3. The molecular weight excluding hydrogens is 376 g/mol. The van der Waals surface area contributed by atoms with Gasteiger partial charge in [0.2, 0.25) is 0 Å². The molecule has 0 bridgehead atoms. The van der Waals surface area contributed by atoms with E-state index in [0.717, 1.165) is 35.4 Å². The van der Waals surface area contributed by atoms with Crippen LogP contribution < -0.4 is 5.32 Å². The van der Waals surface area contributed by atoms with Crippen molar-refractivity contribution < 1.29 is 9.90 Å². The van der Waals surface area contributed by atoms with Crippen LogP contribution >= 0.6 is 0 Å². The molecule has 1 aromatic carbocycles. The van der Waals surface area contributed by atoms with Gasteiger partial charge in [-0.25, -0.2) is 4.98 Å². The molecule has 6 heteroatoms. The number of carbonyl (C=O) groups is 1. The van der Waals surface area contributed by atoms with Crippen LogP contribution in [0.3, 0.4) is 0 Å². The minimum Gasteiger partial charge on any atom is -0.386 e. The highest BCUT2D eigenvalue weighted by molar-refractivity contribution is 6.04. The summed E-state index contributed by atoms with van der Waals surface area (Å²) in [5, 5.41) is 19.4. The molecule has 30 heavy (non-hydrogen) atoms. The van der Waals surface area contributed by atoms with E-state index in [9.17, 15) is 9.90 Å². The number of aliphatic hydroxyl groups is 1. The van der Waals surface area contributed by atoms with Gasteiger partial charge in [-0.05, 0) is 76.6 Å². The Labute approximate surface area is 177 Å². The molecule has 0 radical (unpaired) electrons. The van der Waals surface area contributed by atoms with Crippen molar-refractivity contribution in [2.75, 3.05) is 5.32 Å². The Kier molecular flexibility index (Phi) is 5.36. The number of benzene rings is 1. The second-order valence-corrected chi connectivity index (χ2v) is 9.16. The number of hydrogen-bond donors (Lipinski definition) is 2. The summed E-state index contributed by atoms with van der Waals surface area (Å²) in [5.41, 5.74) is 2.06. The number of amides is 1. The largest absolute Gasteiger partial charge is 0.386 e. The zero-order valence-corrected chi connectivity index (χ0v) is 18.1. The van der Waals surface area contributed by atoms with E-state index in [2.05, 4.69) is 28.1 Å². The van der Waals surface area contributed by atoms with Crippen LogP contribution in [0, 0.1) is 12.8 Å². The summed E-state index contributed by atoms with van der Waals surface area (Å²) in [7, 11) is 0. The molecule has 0 saturated heterocycles. The topological polar surface area (TPSA) is 80.0 Å². The van der Waals surface area contributed by atoms with Gasteiger partial charge in [-0.15, -0.1) is 0 Å². The first kappa shape index (κ1) is 20.5. The molecular formula is C24H30N4O2. The number of nitrogens with zero attached hydrogens (tertiary/aromatic N) is 3. The molecule has 0 atom stereocenters. The van der Waals surface area contributed by atoms with Gasteiger partial charge in [0, 0.05) is 28.5 Å². The fraction of sp³-hybridized carbons (Fsp3) is 0.458. The molecule has 158 valence electrons. The smallest absolute Gasteiger partial charge is 0.274 e. The number of nitrogens with one attached hydrogen (secondary N) is 1. The van der Waals surface area contributed by atoms with E-state index in [1.165, 1.54) is 12.8 Å². The zero-order valence-electron chi connectivity index (χ0n) is 18.1. The second-order valence-electron chi connectivity index (χ2n) is 9.16. The Morgan fingerprint density at radius 1 is 1.20 bits per heavy atom. The maximum absolute atomic E-state index is 12.8. The summed E-state index contributed by atoms with van der Waals surface area (Å²) in [6, 6.07) is 9.56. The molecule has 3 aromatic rings. The number of hydrogen-bond acceptors (Lipinski definition) is 4. The Hall–Kier alpha value is -2.73. The number of anilines is 1. The molecule has 0 unspecified atom stereocenters. The minimum atomic E-state index is -1.12. The van der Waals surface area contributed by atoms with E-state index in [1.54, 1.807) is 19.9 Å². The number of rotatable bonds is 4. The Bertz CT molecular complexity index is 1070. The molecule has 1 aliphatic rings. The minimum absolute atomic E-state index is 0.294. The average molecular weight is 407 g/mol. The Morgan fingerprint density at radius 3 is 2.60 bits per heavy atom. The lowest BCUT2D eigenvalue weighted by atomic mass is 9.87. The van der Waals surface area contributed by atoms with Gasteiger partial charge in [0.05, 0.1) is 17.2 Å². The molecule has 0 spiro atoms. The first-order chi connectivity index (χ1) is 14.2. The molecule has 4 rings (SSSR count). The summed E-state index contributed by atoms with van der Waals surface area (Å²) >= 11 is 0. The molecule has 6 nitrogen and oxygen atoms in total. The van der Waals surface area contributed by atoms with Crippen molar-refractivity contribution in [2.24, 2.45) is 5.92 Å². The monoisotopic (exact) mass is 406 g/mol. The first-order valence-corrected chi connectivity index (χ1v) is 10.7. The van der Waals surface area contributed by atoms with Crippen molar-refractivity contribution in [3.05, 3.63) is 53.5 Å². The van der Waals surface area contributed by atoms with E-state index in [4.69, 9.17) is 5.10 Å². The van der Waals surface area contributed by atoms with Crippen molar-refractivity contribution in [3.63, 3.8) is 0 Å². The molecule has 2 heterocycles. The van der Waals surface area contributed by atoms with Gasteiger partial charge in [0.25, 0.3) is 5.91 Å². The third kappa shape index (κ3) is 4.24. The molecule has 2 aromatic heterocycles. The van der Waals surface area contributed by atoms with Crippen LogP contribution in [-0.2, 0) is 5.60 Å². The van der Waals surface area contributed by atoms with E-state index < -0.39 is 5.60 Å². The molecule has 1 fully saturated rings. The van der Waals surface area contributed by atoms with Crippen LogP contribution in [0.1, 0.15) is 74.2 Å². The van der Waals surface area contributed by atoms with Gasteiger partial charge in [0.1, 0.15) is 5.69 Å². The summed E-state index contributed by atoms with van der Waals surface area (Å²) in [6.07, 6.45) is 6.78. The third-order valence-corrected chi connectivity index (χ3v) is 6.05. The van der Waals surface area contributed by atoms with Crippen LogP contribution in [0.25, 0.3) is 10.9 Å². The zero-order chi connectivity index (χ0) is 21.5. The Balaban J connectivity index is 1.69. The van der Waals surface area contributed by atoms with Crippen LogP contribution in [0.15, 0.2) is 36.5 Å². The fourth-order valence-corrected chi connectivity index (χ4v) is 4.25. The van der Waals surface area contributed by atoms with Crippen molar-refractivity contribution >= 4 is 22.5 Å². The van der Waals surface area contributed by atoms with E-state index >= 15 is 0 Å². The maximum Gasteiger partial charge on any atom is 0.274 e. The lowest BCUT2D eigenvalue weighted by Gasteiger charge is -2.26. The standard InChI is InChI=1S/C24H30N4O2/c1-15-8-10-18(11-9-15)28-14-17-12-22(19(24(3,4)30)13-21(17)27-28)26-23(29)20-7-5-6-16(2)25-20/h5-7,12-15,18,30H,8-11H2,1-4H3,(H,26,29)/t15-,18-. The fourth-order valence-electron chi connectivity index (χ4n) is 4.25. The highest BCUT2D eigenvalue weighted by Gasteiger charge is 2.25. The predicted octanol–water partition coefficient (Wildman–Crippen LogP) is 4.97. The third-order valence-electron chi connectivity index (χ3n) is 6.05. The van der Waals surface area contributed by atoms with E-state index in [0.29, 0.717) is 23.0 Å². The van der Waals surface area contributed by atoms with Gasteiger partial charge in [0.15, 0.2) is 0 Å². The Morgan fingerprint density at radius 2 is 1.93 bits per heavy atom. The number of aryl methyl sites for hydroxylation is 1. The lowest BCUT2D eigenvalue weighted by molar-refractivity contribution is 0.0793. The molecule has 1 aliphatic carbocycles. The van der Waals surface area contributed by atoms with Gasteiger partial charge in [-0.2, -0.15) is 5.10 Å². The quantitative estimate of drug-likeness (QED) is 0.641. The van der Waals surface area contributed by atoms with Crippen LogP contribution in [0.2, 0.25) is 0 Å². The SMILES string of the molecule is Cc1cccc(C(=O)Nc2cc3cn([C@H]4CC[C@H](C)CC4)nc3cc2C(C)(C)O)n1. The number of fused-ring (bicyclic) bond motifs is 1. The molecule has 1 saturated carbocycles. The average Bonchev–Trinajstić information content (AvgIpc) is 3.10. The number of pyridine rings is 1.